The standard InChI is InChI=1S/C15H21N3O2/c1-10-5-2-3-8-13(10)18-14(19)11-6-4-7-12(9-11)17-15(16)20/h4,6-7,9-10,13H,2-3,5,8H2,1H3,(H,18,19)(H3,16,17,20)/t10-,13-/m0/s1. The molecule has 3 amide bonds. The minimum absolute atomic E-state index is 0.100. The predicted molar refractivity (Wildman–Crippen MR) is 78.5 cm³/mol. The number of carbonyl (C=O) groups excluding carboxylic acids is 2. The van der Waals surface area contributed by atoms with Crippen molar-refractivity contribution in [3.05, 3.63) is 29.8 Å². The molecule has 0 aliphatic heterocycles. The number of hydrogen-bond acceptors (Lipinski definition) is 2. The molecule has 1 saturated carbocycles. The van der Waals surface area contributed by atoms with Crippen LogP contribution >= 0.6 is 0 Å². The van der Waals surface area contributed by atoms with E-state index in [2.05, 4.69) is 17.6 Å². The zero-order valence-electron chi connectivity index (χ0n) is 11.7. The van der Waals surface area contributed by atoms with Gasteiger partial charge in [0.1, 0.15) is 0 Å². The Labute approximate surface area is 118 Å². The van der Waals surface area contributed by atoms with Crippen molar-refractivity contribution in [2.45, 2.75) is 38.6 Å². The van der Waals surface area contributed by atoms with Crippen molar-refractivity contribution in [3.8, 4) is 0 Å². The van der Waals surface area contributed by atoms with Crippen LogP contribution in [0.3, 0.4) is 0 Å². The Morgan fingerprint density at radius 3 is 2.70 bits per heavy atom. The van der Waals surface area contributed by atoms with Crippen molar-refractivity contribution >= 4 is 17.6 Å². The zero-order valence-corrected chi connectivity index (χ0v) is 11.7. The van der Waals surface area contributed by atoms with Crippen LogP contribution in [0.1, 0.15) is 43.0 Å². The quantitative estimate of drug-likeness (QED) is 0.791. The van der Waals surface area contributed by atoms with Crippen molar-refractivity contribution in [1.29, 1.82) is 0 Å². The van der Waals surface area contributed by atoms with E-state index < -0.39 is 6.03 Å². The molecule has 108 valence electrons. The number of nitrogens with two attached hydrogens (primary N) is 1. The van der Waals surface area contributed by atoms with E-state index in [4.69, 9.17) is 5.73 Å². The molecule has 1 aromatic rings. The van der Waals surface area contributed by atoms with E-state index in [0.717, 1.165) is 12.8 Å². The summed E-state index contributed by atoms with van der Waals surface area (Å²) in [6.07, 6.45) is 4.60. The number of hydrogen-bond donors (Lipinski definition) is 3. The number of benzene rings is 1. The van der Waals surface area contributed by atoms with Gasteiger partial charge in [-0.3, -0.25) is 4.79 Å². The molecule has 1 aliphatic carbocycles. The van der Waals surface area contributed by atoms with Crippen LogP contribution in [0.5, 0.6) is 0 Å². The molecule has 2 rings (SSSR count). The van der Waals surface area contributed by atoms with Crippen LogP contribution in [-0.4, -0.2) is 18.0 Å². The fourth-order valence-corrected chi connectivity index (χ4v) is 2.66. The van der Waals surface area contributed by atoms with Gasteiger partial charge in [-0.2, -0.15) is 0 Å². The van der Waals surface area contributed by atoms with Crippen LogP contribution in [0.4, 0.5) is 10.5 Å². The van der Waals surface area contributed by atoms with Gasteiger partial charge in [0.05, 0.1) is 0 Å². The highest BCUT2D eigenvalue weighted by molar-refractivity contribution is 5.96. The van der Waals surface area contributed by atoms with Gasteiger partial charge in [-0.15, -0.1) is 0 Å². The normalized spacial score (nSPS) is 22.1. The molecule has 2 atom stereocenters. The first kappa shape index (κ1) is 14.4. The van der Waals surface area contributed by atoms with Gasteiger partial charge < -0.3 is 16.4 Å². The third-order valence-corrected chi connectivity index (χ3v) is 3.82. The molecule has 1 aliphatic rings. The molecule has 0 radical (unpaired) electrons. The summed E-state index contributed by atoms with van der Waals surface area (Å²) in [6, 6.07) is 6.39. The lowest BCUT2D eigenvalue weighted by molar-refractivity contribution is 0.0910. The molecule has 0 heterocycles. The molecule has 1 fully saturated rings. The number of carbonyl (C=O) groups is 2. The van der Waals surface area contributed by atoms with Gasteiger partial charge >= 0.3 is 6.03 Å². The van der Waals surface area contributed by atoms with Crippen molar-refractivity contribution < 1.29 is 9.59 Å². The molecule has 0 bridgehead atoms. The Bertz CT molecular complexity index is 502. The van der Waals surface area contributed by atoms with Crippen molar-refractivity contribution in [2.75, 3.05) is 5.32 Å². The van der Waals surface area contributed by atoms with Crippen LogP contribution < -0.4 is 16.4 Å². The Kier molecular flexibility index (Phi) is 4.61. The maximum absolute atomic E-state index is 12.2. The monoisotopic (exact) mass is 275 g/mol. The van der Waals surface area contributed by atoms with Gasteiger partial charge in [0, 0.05) is 17.3 Å². The van der Waals surface area contributed by atoms with E-state index in [9.17, 15) is 9.59 Å². The first-order chi connectivity index (χ1) is 9.56. The van der Waals surface area contributed by atoms with E-state index in [1.807, 2.05) is 0 Å². The molecule has 0 spiro atoms. The van der Waals surface area contributed by atoms with Gasteiger partial charge in [0.15, 0.2) is 0 Å². The number of rotatable bonds is 3. The molecule has 1 aromatic carbocycles. The molecule has 0 aromatic heterocycles. The average molecular weight is 275 g/mol. The predicted octanol–water partition coefficient (Wildman–Crippen LogP) is 2.49. The summed E-state index contributed by atoms with van der Waals surface area (Å²) >= 11 is 0. The first-order valence-corrected chi connectivity index (χ1v) is 7.03. The maximum atomic E-state index is 12.2. The van der Waals surface area contributed by atoms with Crippen LogP contribution in [-0.2, 0) is 0 Å². The Balaban J connectivity index is 2.03. The van der Waals surface area contributed by atoms with E-state index in [0.29, 0.717) is 17.2 Å². The number of amides is 3. The van der Waals surface area contributed by atoms with Crippen LogP contribution in [0.2, 0.25) is 0 Å². The van der Waals surface area contributed by atoms with E-state index >= 15 is 0 Å². The summed E-state index contributed by atoms with van der Waals surface area (Å²) in [5, 5.41) is 5.55. The third-order valence-electron chi connectivity index (χ3n) is 3.82. The molecule has 0 unspecified atom stereocenters. The van der Waals surface area contributed by atoms with E-state index in [1.54, 1.807) is 24.3 Å². The lowest BCUT2D eigenvalue weighted by Gasteiger charge is -2.29. The number of anilines is 1. The molecule has 5 nitrogen and oxygen atoms in total. The third kappa shape index (κ3) is 3.73. The second-order valence-electron chi connectivity index (χ2n) is 5.41. The van der Waals surface area contributed by atoms with Gasteiger partial charge in [0.2, 0.25) is 0 Å². The van der Waals surface area contributed by atoms with Crippen LogP contribution in [0.15, 0.2) is 24.3 Å². The minimum atomic E-state index is -0.636. The molecular weight excluding hydrogens is 254 g/mol. The number of primary amides is 1. The molecule has 0 saturated heterocycles. The van der Waals surface area contributed by atoms with Gasteiger partial charge in [-0.25, -0.2) is 4.79 Å². The minimum Gasteiger partial charge on any atom is -0.351 e. The van der Waals surface area contributed by atoms with Crippen molar-refractivity contribution in [3.63, 3.8) is 0 Å². The lowest BCUT2D eigenvalue weighted by atomic mass is 9.86. The lowest BCUT2D eigenvalue weighted by Crippen LogP contribution is -2.41. The zero-order chi connectivity index (χ0) is 14.5. The summed E-state index contributed by atoms with van der Waals surface area (Å²) in [6.45, 7) is 2.18. The fraction of sp³-hybridized carbons (Fsp3) is 0.467. The van der Waals surface area contributed by atoms with E-state index in [-0.39, 0.29) is 11.9 Å². The summed E-state index contributed by atoms with van der Waals surface area (Å²) in [7, 11) is 0. The summed E-state index contributed by atoms with van der Waals surface area (Å²) in [4.78, 5) is 23.1. The summed E-state index contributed by atoms with van der Waals surface area (Å²) < 4.78 is 0. The van der Waals surface area contributed by atoms with Gasteiger partial charge in [-0.1, -0.05) is 25.8 Å². The fourth-order valence-electron chi connectivity index (χ4n) is 2.66. The largest absolute Gasteiger partial charge is 0.351 e. The first-order valence-electron chi connectivity index (χ1n) is 7.03. The molecular formula is C15H21N3O2. The Morgan fingerprint density at radius 2 is 2.00 bits per heavy atom. The van der Waals surface area contributed by atoms with Gasteiger partial charge in [-0.05, 0) is 37.0 Å². The highest BCUT2D eigenvalue weighted by atomic mass is 16.2. The topological polar surface area (TPSA) is 84.2 Å². The van der Waals surface area contributed by atoms with Crippen molar-refractivity contribution in [1.82, 2.24) is 5.32 Å². The maximum Gasteiger partial charge on any atom is 0.316 e. The molecule has 5 heteroatoms. The number of nitrogens with one attached hydrogen (secondary N) is 2. The van der Waals surface area contributed by atoms with Crippen LogP contribution in [0, 0.1) is 5.92 Å². The number of urea groups is 1. The second kappa shape index (κ2) is 6.41. The van der Waals surface area contributed by atoms with Crippen molar-refractivity contribution in [2.24, 2.45) is 11.7 Å². The summed E-state index contributed by atoms with van der Waals surface area (Å²) in [5.41, 5.74) is 6.13. The Morgan fingerprint density at radius 1 is 1.25 bits per heavy atom. The highest BCUT2D eigenvalue weighted by Gasteiger charge is 2.23. The molecule has 20 heavy (non-hydrogen) atoms. The second-order valence-corrected chi connectivity index (χ2v) is 5.41. The van der Waals surface area contributed by atoms with Gasteiger partial charge in [0.25, 0.3) is 5.91 Å². The highest BCUT2D eigenvalue weighted by Crippen LogP contribution is 2.24. The Hall–Kier alpha value is -2.04. The molecule has 4 N–H and O–H groups in total. The van der Waals surface area contributed by atoms with E-state index in [1.165, 1.54) is 12.8 Å². The van der Waals surface area contributed by atoms with Crippen LogP contribution in [0.25, 0.3) is 0 Å². The summed E-state index contributed by atoms with van der Waals surface area (Å²) in [5.74, 6) is 0.413. The smallest absolute Gasteiger partial charge is 0.316 e. The average Bonchev–Trinajstić information content (AvgIpc) is 2.41. The SMILES string of the molecule is C[C@H]1CCCC[C@@H]1NC(=O)c1cccc(NC(N)=O)c1.